The second-order valence-corrected chi connectivity index (χ2v) is 6.29. The van der Waals surface area contributed by atoms with Crippen LogP contribution in [0.3, 0.4) is 0 Å². The Morgan fingerprint density at radius 2 is 1.67 bits per heavy atom. The molecule has 0 spiro atoms. The average molecular weight is 313 g/mol. The van der Waals surface area contributed by atoms with Crippen molar-refractivity contribution >= 4 is 27.5 Å². The molecule has 0 atom stereocenters. The number of carbonyl (C=O) groups is 1. The number of benzene rings is 3. The molecule has 0 aliphatic carbocycles. The molecule has 1 aromatic heterocycles. The third kappa shape index (κ3) is 2.61. The van der Waals surface area contributed by atoms with Gasteiger partial charge in [0.2, 0.25) is 0 Å². The lowest BCUT2D eigenvalue weighted by Crippen LogP contribution is -1.95. The fourth-order valence-electron chi connectivity index (χ4n) is 3.35. The minimum absolute atomic E-state index is 0.227. The molecule has 118 valence electrons. The Kier molecular flexibility index (Phi) is 3.66. The van der Waals surface area contributed by atoms with E-state index < -0.39 is 0 Å². The first-order valence-electron chi connectivity index (χ1n) is 8.30. The first kappa shape index (κ1) is 14.7. The highest BCUT2D eigenvalue weighted by atomic mass is 16.1. The molecule has 4 aromatic rings. The fourth-order valence-corrected chi connectivity index (χ4v) is 3.35. The Labute approximate surface area is 141 Å². The van der Waals surface area contributed by atoms with Gasteiger partial charge in [-0.2, -0.15) is 0 Å². The van der Waals surface area contributed by atoms with Gasteiger partial charge in [-0.15, -0.1) is 0 Å². The molecular weight excluding hydrogens is 294 g/mol. The maximum Gasteiger partial charge on any atom is 0.130 e. The number of ketones is 1. The highest BCUT2D eigenvalue weighted by molar-refractivity contribution is 5.94. The van der Waals surface area contributed by atoms with Crippen LogP contribution >= 0.6 is 0 Å². The van der Waals surface area contributed by atoms with E-state index in [1.165, 1.54) is 27.3 Å². The molecule has 0 bridgehead atoms. The number of aromatic nitrogens is 1. The van der Waals surface area contributed by atoms with E-state index >= 15 is 0 Å². The van der Waals surface area contributed by atoms with Crippen LogP contribution in [0, 0.1) is 0 Å². The largest absolute Gasteiger partial charge is 0.354 e. The maximum atomic E-state index is 11.5. The van der Waals surface area contributed by atoms with Crippen molar-refractivity contribution in [3.8, 4) is 11.3 Å². The number of aromatic amines is 1. The Hall–Kier alpha value is -2.87. The van der Waals surface area contributed by atoms with Gasteiger partial charge in [0.05, 0.1) is 0 Å². The third-order valence-corrected chi connectivity index (χ3v) is 4.58. The van der Waals surface area contributed by atoms with Crippen LogP contribution in [0.4, 0.5) is 0 Å². The van der Waals surface area contributed by atoms with E-state index in [2.05, 4.69) is 65.6 Å². The van der Waals surface area contributed by atoms with Gasteiger partial charge in [0.25, 0.3) is 0 Å². The van der Waals surface area contributed by atoms with Gasteiger partial charge < -0.3 is 9.78 Å². The van der Waals surface area contributed by atoms with Gasteiger partial charge in [0, 0.05) is 23.0 Å². The smallest absolute Gasteiger partial charge is 0.130 e. The van der Waals surface area contributed by atoms with E-state index in [1.807, 2.05) is 6.07 Å². The van der Waals surface area contributed by atoms with Crippen molar-refractivity contribution in [2.45, 2.75) is 19.8 Å². The molecule has 0 saturated heterocycles. The summed E-state index contributed by atoms with van der Waals surface area (Å²) in [5.74, 6) is 0.227. The third-order valence-electron chi connectivity index (χ3n) is 4.58. The zero-order valence-corrected chi connectivity index (χ0v) is 13.7. The van der Waals surface area contributed by atoms with Crippen LogP contribution in [0.2, 0.25) is 0 Å². The quantitative estimate of drug-likeness (QED) is 0.529. The number of Topliss-reactive ketones (excluding diaryl/α,β-unsaturated/α-hetero) is 1. The van der Waals surface area contributed by atoms with Crippen molar-refractivity contribution in [2.24, 2.45) is 0 Å². The molecule has 3 aromatic carbocycles. The highest BCUT2D eigenvalue weighted by Crippen LogP contribution is 2.33. The van der Waals surface area contributed by atoms with Gasteiger partial charge in [-0.1, -0.05) is 54.6 Å². The zero-order valence-electron chi connectivity index (χ0n) is 13.7. The minimum Gasteiger partial charge on any atom is -0.354 e. The first-order chi connectivity index (χ1) is 11.7. The molecule has 0 unspecified atom stereocenters. The number of para-hydroxylation sites is 1. The van der Waals surface area contributed by atoms with Gasteiger partial charge in [-0.3, -0.25) is 0 Å². The number of carbonyl (C=O) groups excluding carboxylic acids is 1. The van der Waals surface area contributed by atoms with Crippen LogP contribution in [0.1, 0.15) is 18.9 Å². The fraction of sp³-hybridized carbons (Fsp3) is 0.136. The molecule has 2 heteroatoms. The molecule has 0 saturated carbocycles. The monoisotopic (exact) mass is 313 g/mol. The van der Waals surface area contributed by atoms with Crippen molar-refractivity contribution in [3.05, 3.63) is 72.3 Å². The normalized spacial score (nSPS) is 11.2. The van der Waals surface area contributed by atoms with E-state index in [-0.39, 0.29) is 5.78 Å². The molecule has 0 aliphatic heterocycles. The van der Waals surface area contributed by atoms with Crippen molar-refractivity contribution < 1.29 is 4.79 Å². The van der Waals surface area contributed by atoms with E-state index in [4.69, 9.17) is 0 Å². The number of fused-ring (bicyclic) bond motifs is 2. The first-order valence-corrected chi connectivity index (χ1v) is 8.30. The summed E-state index contributed by atoms with van der Waals surface area (Å²) in [4.78, 5) is 15.0. The summed E-state index contributed by atoms with van der Waals surface area (Å²) in [7, 11) is 0. The predicted octanol–water partition coefficient (Wildman–Crippen LogP) is 5.51. The van der Waals surface area contributed by atoms with Crippen LogP contribution in [-0.2, 0) is 11.2 Å². The average Bonchev–Trinajstić information content (AvgIpc) is 2.98. The molecule has 1 N–H and O–H groups in total. The van der Waals surface area contributed by atoms with E-state index in [0.717, 1.165) is 17.6 Å². The van der Waals surface area contributed by atoms with Crippen molar-refractivity contribution in [3.63, 3.8) is 0 Å². The number of H-pyrrole nitrogens is 1. The molecule has 24 heavy (non-hydrogen) atoms. The summed E-state index contributed by atoms with van der Waals surface area (Å²) in [6.07, 6.45) is 1.34. The Morgan fingerprint density at radius 1 is 0.917 bits per heavy atom. The van der Waals surface area contributed by atoms with Crippen molar-refractivity contribution in [1.29, 1.82) is 0 Å². The molecule has 1 heterocycles. The molecule has 0 fully saturated rings. The number of hydrogen-bond donors (Lipinski definition) is 1. The summed E-state index contributed by atoms with van der Waals surface area (Å²) < 4.78 is 0. The second kappa shape index (κ2) is 5.97. The molecule has 2 nitrogen and oxygen atoms in total. The summed E-state index contributed by atoms with van der Waals surface area (Å²) in [6.45, 7) is 1.66. The molecule has 4 rings (SSSR count). The number of rotatable bonds is 4. The van der Waals surface area contributed by atoms with Crippen LogP contribution in [-0.4, -0.2) is 10.8 Å². The molecule has 0 aliphatic rings. The molecule has 0 radical (unpaired) electrons. The Morgan fingerprint density at radius 3 is 2.50 bits per heavy atom. The lowest BCUT2D eigenvalue weighted by atomic mass is 9.98. The second-order valence-electron chi connectivity index (χ2n) is 6.29. The van der Waals surface area contributed by atoms with Gasteiger partial charge >= 0.3 is 0 Å². The van der Waals surface area contributed by atoms with Crippen molar-refractivity contribution in [2.75, 3.05) is 0 Å². The van der Waals surface area contributed by atoms with E-state index in [0.29, 0.717) is 6.42 Å². The SMILES string of the molecule is CC(=O)CCc1c(-c2ccc3ccccc3c2)[nH]c2ccccc12. The lowest BCUT2D eigenvalue weighted by Gasteiger charge is -2.06. The topological polar surface area (TPSA) is 32.9 Å². The van der Waals surface area contributed by atoms with E-state index in [1.54, 1.807) is 6.92 Å². The molecular formula is C22H19NO. The summed E-state index contributed by atoms with van der Waals surface area (Å²) in [5, 5.41) is 3.68. The van der Waals surface area contributed by atoms with Crippen LogP contribution in [0.5, 0.6) is 0 Å². The Balaban J connectivity index is 1.90. The summed E-state index contributed by atoms with van der Waals surface area (Å²) in [5.41, 5.74) is 4.65. The summed E-state index contributed by atoms with van der Waals surface area (Å²) in [6, 6.07) is 23.2. The number of hydrogen-bond acceptors (Lipinski definition) is 1. The van der Waals surface area contributed by atoms with E-state index in [9.17, 15) is 4.79 Å². The van der Waals surface area contributed by atoms with Gasteiger partial charge in [-0.05, 0) is 47.4 Å². The van der Waals surface area contributed by atoms with Gasteiger partial charge in [0.15, 0.2) is 0 Å². The van der Waals surface area contributed by atoms with Gasteiger partial charge in [0.1, 0.15) is 5.78 Å². The summed E-state index contributed by atoms with van der Waals surface area (Å²) >= 11 is 0. The lowest BCUT2D eigenvalue weighted by molar-refractivity contribution is -0.116. The molecule has 0 amide bonds. The number of aryl methyl sites for hydroxylation is 1. The van der Waals surface area contributed by atoms with Crippen LogP contribution in [0.25, 0.3) is 32.9 Å². The Bertz CT molecular complexity index is 1040. The highest BCUT2D eigenvalue weighted by Gasteiger charge is 2.13. The standard InChI is InChI=1S/C22H19NO/c1-15(24)10-13-20-19-8-4-5-9-21(19)23-22(20)18-12-11-16-6-2-3-7-17(16)14-18/h2-9,11-12,14,23H,10,13H2,1H3. The van der Waals surface area contributed by atoms with Gasteiger partial charge in [-0.25, -0.2) is 0 Å². The maximum absolute atomic E-state index is 11.5. The van der Waals surface area contributed by atoms with Crippen LogP contribution in [0.15, 0.2) is 66.7 Å². The predicted molar refractivity (Wildman–Crippen MR) is 100 cm³/mol. The number of nitrogens with one attached hydrogen (secondary N) is 1. The van der Waals surface area contributed by atoms with Crippen molar-refractivity contribution in [1.82, 2.24) is 4.98 Å². The zero-order chi connectivity index (χ0) is 16.5. The van der Waals surface area contributed by atoms with Crippen LogP contribution < -0.4 is 0 Å². The minimum atomic E-state index is 0.227.